The van der Waals surface area contributed by atoms with Crippen molar-refractivity contribution in [1.29, 1.82) is 0 Å². The summed E-state index contributed by atoms with van der Waals surface area (Å²) in [6.45, 7) is 3.76. The molecule has 0 spiro atoms. The zero-order valence-corrected chi connectivity index (χ0v) is 13.1. The van der Waals surface area contributed by atoms with E-state index < -0.39 is 0 Å². The van der Waals surface area contributed by atoms with Crippen molar-refractivity contribution in [3.05, 3.63) is 41.6 Å². The van der Waals surface area contributed by atoms with Crippen molar-refractivity contribution < 1.29 is 9.53 Å². The average molecular weight is 312 g/mol. The van der Waals surface area contributed by atoms with Crippen molar-refractivity contribution in [3.63, 3.8) is 0 Å². The first-order chi connectivity index (χ1) is 11.1. The molecule has 0 atom stereocenters. The second kappa shape index (κ2) is 5.99. The van der Waals surface area contributed by atoms with Crippen molar-refractivity contribution in [2.75, 3.05) is 12.4 Å². The van der Waals surface area contributed by atoms with Gasteiger partial charge in [-0.1, -0.05) is 0 Å². The minimum absolute atomic E-state index is 0.149. The highest BCUT2D eigenvalue weighted by molar-refractivity contribution is 5.92. The molecule has 0 aliphatic carbocycles. The number of hydrogen-bond acceptors (Lipinski definition) is 6. The maximum atomic E-state index is 12.3. The van der Waals surface area contributed by atoms with E-state index in [9.17, 15) is 4.79 Å². The molecule has 3 rings (SSSR count). The molecule has 0 unspecified atom stereocenters. The number of aromatic nitrogens is 5. The van der Waals surface area contributed by atoms with E-state index in [1.807, 2.05) is 13.8 Å². The Morgan fingerprint density at radius 1 is 1.30 bits per heavy atom. The Kier molecular flexibility index (Phi) is 3.88. The summed E-state index contributed by atoms with van der Waals surface area (Å²) in [6.07, 6.45) is 3.20. The fourth-order valence-electron chi connectivity index (χ4n) is 2.35. The summed E-state index contributed by atoms with van der Waals surface area (Å²) in [5, 5.41) is 6.93. The number of carbonyl (C=O) groups is 1. The van der Waals surface area contributed by atoms with E-state index >= 15 is 0 Å². The van der Waals surface area contributed by atoms with Crippen LogP contribution in [0.3, 0.4) is 0 Å². The molecule has 8 heteroatoms. The lowest BCUT2D eigenvalue weighted by atomic mass is 10.1. The van der Waals surface area contributed by atoms with Gasteiger partial charge >= 0.3 is 0 Å². The van der Waals surface area contributed by atoms with Gasteiger partial charge in [0.15, 0.2) is 0 Å². The predicted octanol–water partition coefficient (Wildman–Crippen LogP) is 1.33. The summed E-state index contributed by atoms with van der Waals surface area (Å²) in [5.74, 6) is 0.878. The Labute approximate surface area is 132 Å². The first kappa shape index (κ1) is 14.9. The van der Waals surface area contributed by atoms with Crippen LogP contribution in [-0.4, -0.2) is 37.6 Å². The van der Waals surface area contributed by atoms with Gasteiger partial charge in [0.2, 0.25) is 11.8 Å². The lowest BCUT2D eigenvalue weighted by molar-refractivity contribution is -0.115. The maximum absolute atomic E-state index is 12.3. The molecule has 0 fully saturated rings. The molecule has 118 valence electrons. The zero-order chi connectivity index (χ0) is 16.4. The number of amides is 1. The minimum atomic E-state index is -0.149. The third-order valence-corrected chi connectivity index (χ3v) is 3.56. The van der Waals surface area contributed by atoms with Crippen LogP contribution in [0, 0.1) is 13.8 Å². The number of pyridine rings is 1. The highest BCUT2D eigenvalue weighted by Crippen LogP contribution is 2.15. The predicted molar refractivity (Wildman–Crippen MR) is 83.4 cm³/mol. The van der Waals surface area contributed by atoms with Crippen LogP contribution in [-0.2, 0) is 11.2 Å². The molecule has 0 aliphatic rings. The van der Waals surface area contributed by atoms with Crippen LogP contribution in [0.4, 0.5) is 5.69 Å². The Morgan fingerprint density at radius 3 is 2.83 bits per heavy atom. The number of nitrogens with one attached hydrogen (secondary N) is 1. The summed E-state index contributed by atoms with van der Waals surface area (Å²) >= 11 is 0. The summed E-state index contributed by atoms with van der Waals surface area (Å²) in [5.41, 5.74) is 3.07. The van der Waals surface area contributed by atoms with E-state index in [2.05, 4.69) is 25.4 Å². The van der Waals surface area contributed by atoms with Gasteiger partial charge in [-0.25, -0.2) is 14.5 Å². The third kappa shape index (κ3) is 2.96. The van der Waals surface area contributed by atoms with E-state index in [1.165, 1.54) is 6.33 Å². The van der Waals surface area contributed by atoms with Gasteiger partial charge in [0.1, 0.15) is 6.33 Å². The van der Waals surface area contributed by atoms with Crippen LogP contribution in [0.1, 0.15) is 17.0 Å². The number of hydrogen-bond donors (Lipinski definition) is 1. The van der Waals surface area contributed by atoms with Gasteiger partial charge in [-0.15, -0.1) is 0 Å². The highest BCUT2D eigenvalue weighted by atomic mass is 16.5. The number of nitrogens with zero attached hydrogens (tertiary/aromatic N) is 5. The Balaban J connectivity index is 1.79. The van der Waals surface area contributed by atoms with E-state index in [4.69, 9.17) is 4.74 Å². The summed E-state index contributed by atoms with van der Waals surface area (Å²) in [7, 11) is 1.54. The van der Waals surface area contributed by atoms with Gasteiger partial charge < -0.3 is 10.1 Å². The van der Waals surface area contributed by atoms with E-state index in [0.29, 0.717) is 17.3 Å². The van der Waals surface area contributed by atoms with Crippen LogP contribution in [0.2, 0.25) is 0 Å². The Hall–Kier alpha value is -3.03. The van der Waals surface area contributed by atoms with Crippen LogP contribution in [0.5, 0.6) is 5.88 Å². The van der Waals surface area contributed by atoms with Gasteiger partial charge in [-0.3, -0.25) is 4.79 Å². The topological polar surface area (TPSA) is 94.3 Å². The SMILES string of the molecule is COc1ccc(NC(=O)Cc2c(C)nc3ncnn3c2C)cn1. The van der Waals surface area contributed by atoms with Gasteiger partial charge in [0.05, 0.1) is 25.4 Å². The quantitative estimate of drug-likeness (QED) is 0.781. The van der Waals surface area contributed by atoms with Crippen molar-refractivity contribution in [2.24, 2.45) is 0 Å². The number of methoxy groups -OCH3 is 1. The lowest BCUT2D eigenvalue weighted by Gasteiger charge is -2.11. The van der Waals surface area contributed by atoms with Crippen molar-refractivity contribution in [3.8, 4) is 5.88 Å². The fraction of sp³-hybridized carbons (Fsp3) is 0.267. The molecule has 3 aromatic rings. The van der Waals surface area contributed by atoms with Gasteiger partial charge in [-0.2, -0.15) is 10.1 Å². The second-order valence-corrected chi connectivity index (χ2v) is 5.05. The lowest BCUT2D eigenvalue weighted by Crippen LogP contribution is -2.17. The van der Waals surface area contributed by atoms with Gasteiger partial charge in [0.25, 0.3) is 5.78 Å². The van der Waals surface area contributed by atoms with Crippen LogP contribution >= 0.6 is 0 Å². The highest BCUT2D eigenvalue weighted by Gasteiger charge is 2.14. The first-order valence-electron chi connectivity index (χ1n) is 7.04. The maximum Gasteiger partial charge on any atom is 0.252 e. The molecule has 0 aromatic carbocycles. The summed E-state index contributed by atoms with van der Waals surface area (Å²) in [6, 6.07) is 3.43. The molecule has 8 nitrogen and oxygen atoms in total. The number of anilines is 1. The molecular formula is C15H16N6O2. The standard InChI is InChI=1S/C15H16N6O2/c1-9-12(10(2)21-15(19-9)17-8-18-21)6-13(22)20-11-4-5-14(23-3)16-7-11/h4-5,7-8H,6H2,1-3H3,(H,20,22). The normalized spacial score (nSPS) is 10.7. The fourth-order valence-corrected chi connectivity index (χ4v) is 2.35. The van der Waals surface area contributed by atoms with Crippen molar-refractivity contribution in [1.82, 2.24) is 24.6 Å². The van der Waals surface area contributed by atoms with Crippen LogP contribution < -0.4 is 10.1 Å². The second-order valence-electron chi connectivity index (χ2n) is 5.05. The Bertz CT molecular complexity index is 856. The monoisotopic (exact) mass is 312 g/mol. The molecule has 23 heavy (non-hydrogen) atoms. The molecule has 0 aliphatic heterocycles. The molecule has 3 heterocycles. The molecule has 1 N–H and O–H groups in total. The largest absolute Gasteiger partial charge is 0.481 e. The summed E-state index contributed by atoms with van der Waals surface area (Å²) in [4.78, 5) is 24.8. The Morgan fingerprint density at radius 2 is 2.13 bits per heavy atom. The smallest absolute Gasteiger partial charge is 0.252 e. The number of carbonyl (C=O) groups excluding carboxylic acids is 1. The van der Waals surface area contributed by atoms with E-state index in [0.717, 1.165) is 17.0 Å². The van der Waals surface area contributed by atoms with Gasteiger partial charge in [0, 0.05) is 23.0 Å². The summed E-state index contributed by atoms with van der Waals surface area (Å²) < 4.78 is 6.62. The number of aryl methyl sites for hydroxylation is 2. The van der Waals surface area contributed by atoms with Crippen LogP contribution in [0.15, 0.2) is 24.7 Å². The van der Waals surface area contributed by atoms with Gasteiger partial charge in [-0.05, 0) is 19.9 Å². The minimum Gasteiger partial charge on any atom is -0.481 e. The number of ether oxygens (including phenoxy) is 1. The molecule has 0 bridgehead atoms. The number of fused-ring (bicyclic) bond motifs is 1. The molecule has 0 saturated carbocycles. The van der Waals surface area contributed by atoms with E-state index in [-0.39, 0.29) is 12.3 Å². The van der Waals surface area contributed by atoms with Crippen LogP contribution in [0.25, 0.3) is 5.78 Å². The number of rotatable bonds is 4. The molecule has 1 amide bonds. The third-order valence-electron chi connectivity index (χ3n) is 3.56. The first-order valence-corrected chi connectivity index (χ1v) is 7.04. The van der Waals surface area contributed by atoms with E-state index in [1.54, 1.807) is 30.0 Å². The van der Waals surface area contributed by atoms with Crippen molar-refractivity contribution >= 4 is 17.4 Å². The molecule has 3 aromatic heterocycles. The molecule has 0 radical (unpaired) electrons. The van der Waals surface area contributed by atoms with Crippen molar-refractivity contribution in [2.45, 2.75) is 20.3 Å². The molecule has 0 saturated heterocycles. The molecular weight excluding hydrogens is 296 g/mol. The average Bonchev–Trinajstić information content (AvgIpc) is 3.00. The zero-order valence-electron chi connectivity index (χ0n) is 13.1.